The van der Waals surface area contributed by atoms with Gasteiger partial charge in [0.05, 0.1) is 18.8 Å². The number of methoxy groups -OCH3 is 1. The molecule has 2 amide bonds. The second-order valence-electron chi connectivity index (χ2n) is 5.59. The minimum atomic E-state index is -1.05. The summed E-state index contributed by atoms with van der Waals surface area (Å²) >= 11 is 1.02. The van der Waals surface area contributed by atoms with Crippen LogP contribution < -0.4 is 20.5 Å². The highest BCUT2D eigenvalue weighted by Crippen LogP contribution is 2.29. The Morgan fingerprint density at radius 1 is 1.33 bits per heavy atom. The van der Waals surface area contributed by atoms with E-state index in [-0.39, 0.29) is 23.0 Å². The van der Waals surface area contributed by atoms with Gasteiger partial charge in [-0.25, -0.2) is 9.78 Å². The number of amides is 2. The van der Waals surface area contributed by atoms with Crippen molar-refractivity contribution in [3.05, 3.63) is 39.3 Å². The molecule has 144 valence electrons. The van der Waals surface area contributed by atoms with Gasteiger partial charge in [0.15, 0.2) is 18.1 Å². The van der Waals surface area contributed by atoms with Crippen molar-refractivity contribution in [2.24, 2.45) is 5.73 Å². The van der Waals surface area contributed by atoms with Crippen LogP contribution in [0.1, 0.15) is 43.7 Å². The van der Waals surface area contributed by atoms with Gasteiger partial charge in [-0.2, -0.15) is 0 Å². The average Bonchev–Trinajstić information content (AvgIpc) is 3.01. The molecule has 1 unspecified atom stereocenters. The van der Waals surface area contributed by atoms with Crippen molar-refractivity contribution in [3.63, 3.8) is 0 Å². The van der Waals surface area contributed by atoms with Crippen LogP contribution in [0, 0.1) is 6.92 Å². The maximum Gasteiger partial charge on any atom is 0.347 e. The third-order valence-corrected chi connectivity index (χ3v) is 4.85. The molecule has 0 aliphatic rings. The number of hydrogen-bond donors (Lipinski definition) is 3. The molecule has 0 fully saturated rings. The Bertz CT molecular complexity index is 880. The van der Waals surface area contributed by atoms with Crippen molar-refractivity contribution in [3.8, 4) is 11.5 Å². The van der Waals surface area contributed by atoms with Gasteiger partial charge < -0.3 is 25.6 Å². The lowest BCUT2D eigenvalue weighted by molar-refractivity contribution is -0.119. The number of nitrogens with zero attached hydrogens (tertiary/aromatic N) is 1. The van der Waals surface area contributed by atoms with E-state index in [1.54, 1.807) is 13.8 Å². The molecule has 0 spiro atoms. The molecular weight excluding hydrogens is 374 g/mol. The summed E-state index contributed by atoms with van der Waals surface area (Å²) in [7, 11) is 1.41. The van der Waals surface area contributed by atoms with Crippen molar-refractivity contribution in [2.45, 2.75) is 19.9 Å². The fraction of sp³-hybridized carbons (Fsp3) is 0.294. The van der Waals surface area contributed by atoms with Crippen LogP contribution >= 0.6 is 11.3 Å². The fourth-order valence-corrected chi connectivity index (χ4v) is 3.13. The van der Waals surface area contributed by atoms with E-state index in [1.165, 1.54) is 25.3 Å². The second-order valence-corrected chi connectivity index (χ2v) is 6.62. The molecule has 2 aromatic rings. The fourth-order valence-electron chi connectivity index (χ4n) is 2.22. The lowest BCUT2D eigenvalue weighted by Crippen LogP contribution is -2.26. The Morgan fingerprint density at radius 2 is 2.04 bits per heavy atom. The lowest BCUT2D eigenvalue weighted by Gasteiger charge is -2.14. The quantitative estimate of drug-likeness (QED) is 0.617. The number of benzene rings is 1. The number of carboxylic acids is 1. The average molecular weight is 393 g/mol. The van der Waals surface area contributed by atoms with Gasteiger partial charge in [0.1, 0.15) is 9.88 Å². The number of thiazole rings is 1. The molecule has 27 heavy (non-hydrogen) atoms. The largest absolute Gasteiger partial charge is 0.493 e. The SMILES string of the molecule is COc1cc(C(=O)NC(C)c2nc(C)c(C(=O)O)s2)ccc1OCC(N)=O. The molecule has 4 N–H and O–H groups in total. The first-order valence-corrected chi connectivity index (χ1v) is 8.65. The minimum absolute atomic E-state index is 0.142. The summed E-state index contributed by atoms with van der Waals surface area (Å²) in [6.07, 6.45) is 0. The predicted molar refractivity (Wildman–Crippen MR) is 97.4 cm³/mol. The Labute approximate surface area is 159 Å². The number of nitrogens with two attached hydrogens (primary N) is 1. The van der Waals surface area contributed by atoms with Crippen LogP contribution in [0.5, 0.6) is 11.5 Å². The van der Waals surface area contributed by atoms with E-state index >= 15 is 0 Å². The minimum Gasteiger partial charge on any atom is -0.493 e. The molecule has 2 rings (SSSR count). The van der Waals surface area contributed by atoms with Gasteiger partial charge in [0.2, 0.25) is 0 Å². The molecule has 1 heterocycles. The summed E-state index contributed by atoms with van der Waals surface area (Å²) in [5, 5.41) is 12.4. The van der Waals surface area contributed by atoms with Gasteiger partial charge >= 0.3 is 5.97 Å². The Hall–Kier alpha value is -3.14. The van der Waals surface area contributed by atoms with Crippen molar-refractivity contribution in [1.29, 1.82) is 0 Å². The van der Waals surface area contributed by atoms with E-state index in [9.17, 15) is 14.4 Å². The maximum absolute atomic E-state index is 12.5. The van der Waals surface area contributed by atoms with Gasteiger partial charge in [-0.15, -0.1) is 11.3 Å². The molecule has 0 bridgehead atoms. The van der Waals surface area contributed by atoms with Crippen LogP contribution in [0.2, 0.25) is 0 Å². The Morgan fingerprint density at radius 3 is 2.59 bits per heavy atom. The van der Waals surface area contributed by atoms with Crippen LogP contribution in [0.3, 0.4) is 0 Å². The molecule has 9 nitrogen and oxygen atoms in total. The zero-order valence-corrected chi connectivity index (χ0v) is 15.8. The molecule has 0 aliphatic heterocycles. The van der Waals surface area contributed by atoms with E-state index in [4.69, 9.17) is 20.3 Å². The van der Waals surface area contributed by atoms with Crippen molar-refractivity contribution in [2.75, 3.05) is 13.7 Å². The number of nitrogens with one attached hydrogen (secondary N) is 1. The number of ether oxygens (including phenoxy) is 2. The first kappa shape index (κ1) is 20.2. The Kier molecular flexibility index (Phi) is 6.35. The summed E-state index contributed by atoms with van der Waals surface area (Å²) < 4.78 is 10.4. The molecule has 1 aromatic heterocycles. The third kappa shape index (κ3) is 4.94. The number of aromatic nitrogens is 1. The monoisotopic (exact) mass is 393 g/mol. The molecule has 1 aromatic carbocycles. The number of carboxylic acid groups (broad SMARTS) is 1. The maximum atomic E-state index is 12.5. The molecule has 0 aliphatic carbocycles. The van der Waals surface area contributed by atoms with Gasteiger partial charge in [-0.3, -0.25) is 9.59 Å². The van der Waals surface area contributed by atoms with E-state index in [1.807, 2.05) is 0 Å². The zero-order chi connectivity index (χ0) is 20.1. The third-order valence-electron chi connectivity index (χ3n) is 3.52. The summed E-state index contributed by atoms with van der Waals surface area (Å²) in [5.74, 6) is -1.53. The van der Waals surface area contributed by atoms with E-state index in [0.29, 0.717) is 16.3 Å². The van der Waals surface area contributed by atoms with Crippen LogP contribution in [0.25, 0.3) is 0 Å². The molecule has 0 saturated carbocycles. The topological polar surface area (TPSA) is 141 Å². The molecule has 1 atom stereocenters. The number of carbonyl (C=O) groups is 3. The first-order valence-electron chi connectivity index (χ1n) is 7.83. The normalized spacial score (nSPS) is 11.5. The number of aryl methyl sites for hydroxylation is 1. The smallest absolute Gasteiger partial charge is 0.347 e. The van der Waals surface area contributed by atoms with Crippen LogP contribution in [-0.4, -0.2) is 41.6 Å². The summed E-state index contributed by atoms with van der Waals surface area (Å²) in [6, 6.07) is 3.99. The van der Waals surface area contributed by atoms with Crippen molar-refractivity contribution < 1.29 is 29.0 Å². The van der Waals surface area contributed by atoms with Gasteiger partial charge in [0.25, 0.3) is 11.8 Å². The van der Waals surface area contributed by atoms with Gasteiger partial charge in [-0.1, -0.05) is 0 Å². The predicted octanol–water partition coefficient (Wildman–Crippen LogP) is 1.51. The van der Waals surface area contributed by atoms with Crippen molar-refractivity contribution in [1.82, 2.24) is 10.3 Å². The molecular formula is C17H19N3O6S. The zero-order valence-electron chi connectivity index (χ0n) is 14.9. The van der Waals surface area contributed by atoms with E-state index in [2.05, 4.69) is 10.3 Å². The summed E-state index contributed by atoms with van der Waals surface area (Å²) in [6.45, 7) is 3.01. The van der Waals surface area contributed by atoms with E-state index < -0.39 is 23.8 Å². The lowest BCUT2D eigenvalue weighted by atomic mass is 10.1. The number of aromatic carboxylic acids is 1. The highest BCUT2D eigenvalue weighted by Gasteiger charge is 2.20. The highest BCUT2D eigenvalue weighted by molar-refractivity contribution is 7.13. The molecule has 0 saturated heterocycles. The van der Waals surface area contributed by atoms with Crippen LogP contribution in [-0.2, 0) is 4.79 Å². The van der Waals surface area contributed by atoms with Gasteiger partial charge in [-0.05, 0) is 32.0 Å². The van der Waals surface area contributed by atoms with E-state index in [0.717, 1.165) is 11.3 Å². The standard InChI is InChI=1S/C17H19N3O6S/c1-8-14(17(23)24)27-16(20-8)9(2)19-15(22)10-4-5-11(12(6-10)25-3)26-7-13(18)21/h4-6,9H,7H2,1-3H3,(H2,18,21)(H,19,22)(H,23,24). The number of primary amides is 1. The number of carbonyl (C=O) groups excluding carboxylic acids is 2. The number of rotatable bonds is 8. The summed E-state index contributed by atoms with van der Waals surface area (Å²) in [4.78, 5) is 38.8. The van der Waals surface area contributed by atoms with Crippen LogP contribution in [0.4, 0.5) is 0 Å². The molecule has 0 radical (unpaired) electrons. The van der Waals surface area contributed by atoms with Gasteiger partial charge in [0, 0.05) is 5.56 Å². The second kappa shape index (κ2) is 8.49. The number of hydrogen-bond acceptors (Lipinski definition) is 7. The Balaban J connectivity index is 2.14. The van der Waals surface area contributed by atoms with Crippen molar-refractivity contribution >= 4 is 29.1 Å². The first-order chi connectivity index (χ1) is 12.7. The summed E-state index contributed by atoms with van der Waals surface area (Å²) in [5.41, 5.74) is 5.75. The molecule has 10 heteroatoms. The highest BCUT2D eigenvalue weighted by atomic mass is 32.1. The van der Waals surface area contributed by atoms with Crippen LogP contribution in [0.15, 0.2) is 18.2 Å².